The number of anilines is 1. The van der Waals surface area contributed by atoms with Gasteiger partial charge in [0, 0.05) is 5.69 Å². The van der Waals surface area contributed by atoms with Crippen molar-refractivity contribution in [2.45, 2.75) is 29.7 Å². The molecule has 1 heterocycles. The molecular formula is C19H13F6N3O2S. The van der Waals surface area contributed by atoms with Gasteiger partial charge in [-0.05, 0) is 37.3 Å². The van der Waals surface area contributed by atoms with Gasteiger partial charge >= 0.3 is 12.4 Å². The third-order valence-corrected chi connectivity index (χ3v) is 5.09. The summed E-state index contributed by atoms with van der Waals surface area (Å²) in [5, 5.41) is 1.47. The molecule has 0 saturated carbocycles. The summed E-state index contributed by atoms with van der Waals surface area (Å²) >= 11 is 0.796. The number of amides is 1. The van der Waals surface area contributed by atoms with Gasteiger partial charge in [0.05, 0.1) is 27.3 Å². The fourth-order valence-electron chi connectivity index (χ4n) is 2.61. The van der Waals surface area contributed by atoms with E-state index in [4.69, 9.17) is 0 Å². The molecule has 0 aliphatic heterocycles. The van der Waals surface area contributed by atoms with Gasteiger partial charge in [-0.3, -0.25) is 9.59 Å². The standard InChI is InChI=1S/C19H13F6N3O2S/c1-9(31-17-27-14-5-3-2-4-13(14)16(30)28-17)15(29)26-12-7-10(18(20,21)22)6-11(8-12)19(23,24)25/h2-9H,1H3,(H,26,29)(H,27,28,30)/t9-/m1/s1. The van der Waals surface area contributed by atoms with E-state index in [0.717, 1.165) is 11.8 Å². The lowest BCUT2D eigenvalue weighted by Crippen LogP contribution is -2.24. The highest BCUT2D eigenvalue weighted by Crippen LogP contribution is 2.37. The number of carbonyl (C=O) groups is 1. The first-order valence-corrected chi connectivity index (χ1v) is 9.48. The smallest absolute Gasteiger partial charge is 0.325 e. The molecule has 2 aromatic carbocycles. The Morgan fingerprint density at radius 3 is 2.19 bits per heavy atom. The number of aromatic nitrogens is 2. The molecule has 0 spiro atoms. The molecule has 5 nitrogen and oxygen atoms in total. The lowest BCUT2D eigenvalue weighted by atomic mass is 10.1. The zero-order chi connectivity index (χ0) is 23.0. The molecule has 0 aliphatic carbocycles. The Morgan fingerprint density at radius 1 is 1.03 bits per heavy atom. The fourth-order valence-corrected chi connectivity index (χ4v) is 3.42. The lowest BCUT2D eigenvalue weighted by molar-refractivity contribution is -0.143. The Morgan fingerprint density at radius 2 is 1.61 bits per heavy atom. The number of hydrogen-bond donors (Lipinski definition) is 2. The Balaban J connectivity index is 1.83. The summed E-state index contributed by atoms with van der Waals surface area (Å²) in [5.41, 5.74) is -3.82. The van der Waals surface area contributed by atoms with Crippen molar-refractivity contribution in [1.29, 1.82) is 0 Å². The number of aromatic amines is 1. The minimum atomic E-state index is -5.03. The zero-order valence-electron chi connectivity index (χ0n) is 15.6. The monoisotopic (exact) mass is 461 g/mol. The highest BCUT2D eigenvalue weighted by molar-refractivity contribution is 8.00. The van der Waals surface area contributed by atoms with E-state index in [9.17, 15) is 35.9 Å². The van der Waals surface area contributed by atoms with Gasteiger partial charge in [-0.15, -0.1) is 0 Å². The molecule has 31 heavy (non-hydrogen) atoms. The van der Waals surface area contributed by atoms with Crippen molar-refractivity contribution in [3.63, 3.8) is 0 Å². The maximum atomic E-state index is 13.0. The van der Waals surface area contributed by atoms with Gasteiger partial charge in [0.1, 0.15) is 0 Å². The molecule has 12 heteroatoms. The van der Waals surface area contributed by atoms with Crippen LogP contribution >= 0.6 is 11.8 Å². The van der Waals surface area contributed by atoms with Crippen molar-refractivity contribution in [3.05, 3.63) is 63.9 Å². The number of fused-ring (bicyclic) bond motifs is 1. The summed E-state index contributed by atoms with van der Waals surface area (Å²) in [6.07, 6.45) is -10.1. The lowest BCUT2D eigenvalue weighted by Gasteiger charge is -2.16. The fraction of sp³-hybridized carbons (Fsp3) is 0.211. The van der Waals surface area contributed by atoms with Gasteiger partial charge < -0.3 is 10.3 Å². The van der Waals surface area contributed by atoms with Crippen LogP contribution in [0.2, 0.25) is 0 Å². The maximum Gasteiger partial charge on any atom is 0.416 e. The minimum Gasteiger partial charge on any atom is -0.325 e. The predicted molar refractivity (Wildman–Crippen MR) is 103 cm³/mol. The molecule has 1 atom stereocenters. The van der Waals surface area contributed by atoms with E-state index in [2.05, 4.69) is 15.3 Å². The first kappa shape index (κ1) is 22.7. The molecule has 164 valence electrons. The number of halogens is 6. The zero-order valence-corrected chi connectivity index (χ0v) is 16.4. The molecule has 0 fully saturated rings. The average Bonchev–Trinajstić information content (AvgIpc) is 2.66. The number of nitrogens with one attached hydrogen (secondary N) is 2. The van der Waals surface area contributed by atoms with Crippen molar-refractivity contribution in [2.75, 3.05) is 5.32 Å². The van der Waals surface area contributed by atoms with Crippen LogP contribution < -0.4 is 10.9 Å². The normalized spacial score (nSPS) is 13.3. The van der Waals surface area contributed by atoms with E-state index in [-0.39, 0.29) is 11.2 Å². The molecule has 0 aliphatic rings. The van der Waals surface area contributed by atoms with Crippen LogP contribution in [0.4, 0.5) is 32.0 Å². The molecule has 1 amide bonds. The summed E-state index contributed by atoms with van der Waals surface area (Å²) in [6.45, 7) is 1.37. The number of alkyl halides is 6. The average molecular weight is 461 g/mol. The molecule has 3 rings (SSSR count). The molecule has 0 unspecified atom stereocenters. The minimum absolute atomic E-state index is 0.0302. The van der Waals surface area contributed by atoms with Crippen LogP contribution in [0, 0.1) is 0 Å². The van der Waals surface area contributed by atoms with Crippen LogP contribution in [-0.4, -0.2) is 21.1 Å². The van der Waals surface area contributed by atoms with Gasteiger partial charge in [0.25, 0.3) is 5.56 Å². The quantitative estimate of drug-likeness (QED) is 0.323. The number of rotatable bonds is 4. The molecule has 0 bridgehead atoms. The van der Waals surface area contributed by atoms with Crippen LogP contribution in [0.15, 0.2) is 52.4 Å². The molecule has 1 aromatic heterocycles. The summed E-state index contributed by atoms with van der Waals surface area (Å²) in [5.74, 6) is -0.867. The van der Waals surface area contributed by atoms with Gasteiger partial charge in [-0.25, -0.2) is 4.98 Å². The van der Waals surface area contributed by atoms with E-state index in [0.29, 0.717) is 23.0 Å². The van der Waals surface area contributed by atoms with E-state index >= 15 is 0 Å². The highest BCUT2D eigenvalue weighted by atomic mass is 32.2. The van der Waals surface area contributed by atoms with E-state index in [1.54, 1.807) is 24.3 Å². The van der Waals surface area contributed by atoms with Crippen molar-refractivity contribution >= 4 is 34.3 Å². The van der Waals surface area contributed by atoms with Crippen LogP contribution in [-0.2, 0) is 17.1 Å². The van der Waals surface area contributed by atoms with Crippen LogP contribution in [0.3, 0.4) is 0 Å². The molecule has 3 aromatic rings. The Labute approximate surface area is 174 Å². The maximum absolute atomic E-state index is 13.0. The summed E-state index contributed by atoms with van der Waals surface area (Å²) < 4.78 is 77.8. The van der Waals surface area contributed by atoms with Crippen LogP contribution in [0.25, 0.3) is 10.9 Å². The molecule has 0 radical (unpaired) electrons. The molecule has 2 N–H and O–H groups in total. The highest BCUT2D eigenvalue weighted by Gasteiger charge is 2.37. The Bertz CT molecular complexity index is 1160. The first-order chi connectivity index (χ1) is 14.3. The summed E-state index contributed by atoms with van der Waals surface area (Å²) in [6, 6.07) is 7.24. The van der Waals surface area contributed by atoms with Crippen LogP contribution in [0.5, 0.6) is 0 Å². The number of para-hydroxylation sites is 1. The number of nitrogens with zero attached hydrogens (tertiary/aromatic N) is 1. The summed E-state index contributed by atoms with van der Waals surface area (Å²) in [4.78, 5) is 31.1. The Kier molecular flexibility index (Phi) is 6.03. The first-order valence-electron chi connectivity index (χ1n) is 8.60. The Hall–Kier alpha value is -3.02. The number of thioether (sulfide) groups is 1. The van der Waals surface area contributed by atoms with Crippen molar-refractivity contribution in [1.82, 2.24) is 9.97 Å². The summed E-state index contributed by atoms with van der Waals surface area (Å²) in [7, 11) is 0. The second kappa shape index (κ2) is 8.25. The van der Waals surface area contributed by atoms with Crippen LogP contribution in [0.1, 0.15) is 18.1 Å². The van der Waals surface area contributed by atoms with Crippen molar-refractivity contribution < 1.29 is 31.1 Å². The molecular weight excluding hydrogens is 448 g/mol. The third-order valence-electron chi connectivity index (χ3n) is 4.10. The topological polar surface area (TPSA) is 74.8 Å². The van der Waals surface area contributed by atoms with E-state index < -0.39 is 45.9 Å². The van der Waals surface area contributed by atoms with E-state index in [1.165, 1.54) is 6.92 Å². The number of hydrogen-bond acceptors (Lipinski definition) is 4. The van der Waals surface area contributed by atoms with Gasteiger partial charge in [0.2, 0.25) is 5.91 Å². The van der Waals surface area contributed by atoms with Crippen molar-refractivity contribution in [3.8, 4) is 0 Å². The molecule has 0 saturated heterocycles. The predicted octanol–water partition coefficient (Wildman–Crippen LogP) is 5.08. The van der Waals surface area contributed by atoms with Crippen molar-refractivity contribution in [2.24, 2.45) is 0 Å². The van der Waals surface area contributed by atoms with E-state index in [1.807, 2.05) is 0 Å². The van der Waals surface area contributed by atoms with Gasteiger partial charge in [-0.1, -0.05) is 23.9 Å². The SMILES string of the molecule is C[C@@H](Sc1nc2ccccc2c(=O)[nH]1)C(=O)Nc1cc(C(F)(F)F)cc(C(F)(F)F)c1. The van der Waals surface area contributed by atoms with Gasteiger partial charge in [-0.2, -0.15) is 26.3 Å². The third kappa shape index (κ3) is 5.37. The van der Waals surface area contributed by atoms with Gasteiger partial charge in [0.15, 0.2) is 5.16 Å². The second-order valence-corrected chi connectivity index (χ2v) is 7.76. The number of H-pyrrole nitrogens is 1. The largest absolute Gasteiger partial charge is 0.416 e. The second-order valence-electron chi connectivity index (χ2n) is 6.43. The number of benzene rings is 2. The number of carbonyl (C=O) groups excluding carboxylic acids is 1.